The van der Waals surface area contributed by atoms with E-state index in [0.29, 0.717) is 24.0 Å². The highest BCUT2D eigenvalue weighted by atomic mass is 32.2. The minimum Gasteiger partial charge on any atom is -0.310 e. The molecule has 1 aromatic rings. The van der Waals surface area contributed by atoms with Crippen LogP contribution in [0.3, 0.4) is 0 Å². The number of rotatable bonds is 7. The van der Waals surface area contributed by atoms with Crippen LogP contribution < -0.4 is 10.0 Å². The topological polar surface area (TPSA) is 58.2 Å². The van der Waals surface area contributed by atoms with E-state index in [4.69, 9.17) is 0 Å². The molecule has 0 bridgehead atoms. The van der Waals surface area contributed by atoms with Crippen molar-refractivity contribution in [2.24, 2.45) is 0 Å². The van der Waals surface area contributed by atoms with Gasteiger partial charge < -0.3 is 5.32 Å². The molecule has 0 heterocycles. The zero-order chi connectivity index (χ0) is 15.3. The predicted molar refractivity (Wildman–Crippen MR) is 83.4 cm³/mol. The number of hydrogen-bond donors (Lipinski definition) is 2. The van der Waals surface area contributed by atoms with Crippen molar-refractivity contribution in [1.29, 1.82) is 0 Å². The number of benzene rings is 1. The van der Waals surface area contributed by atoms with E-state index in [-0.39, 0.29) is 0 Å². The van der Waals surface area contributed by atoms with Crippen molar-refractivity contribution in [3.8, 4) is 0 Å². The van der Waals surface area contributed by atoms with E-state index < -0.39 is 10.0 Å². The highest BCUT2D eigenvalue weighted by Gasteiger charge is 2.17. The fourth-order valence-corrected chi connectivity index (χ4v) is 3.39. The van der Waals surface area contributed by atoms with Gasteiger partial charge in [-0.1, -0.05) is 26.8 Å². The van der Waals surface area contributed by atoms with Crippen LogP contribution in [-0.2, 0) is 16.6 Å². The summed E-state index contributed by atoms with van der Waals surface area (Å²) in [6, 6.07) is 4.10. The molecule has 0 aliphatic heterocycles. The first-order chi connectivity index (χ1) is 9.27. The third-order valence-corrected chi connectivity index (χ3v) is 4.77. The first-order valence-electron chi connectivity index (χ1n) is 7.11. The van der Waals surface area contributed by atoms with E-state index in [9.17, 15) is 8.42 Å². The molecule has 0 amide bonds. The first-order valence-corrected chi connectivity index (χ1v) is 8.59. The quantitative estimate of drug-likeness (QED) is 0.813. The molecule has 4 nitrogen and oxygen atoms in total. The van der Waals surface area contributed by atoms with Crippen molar-refractivity contribution in [3.63, 3.8) is 0 Å². The number of nitrogens with one attached hydrogen (secondary N) is 2. The number of sulfonamides is 1. The van der Waals surface area contributed by atoms with Crippen molar-refractivity contribution in [1.82, 2.24) is 10.0 Å². The van der Waals surface area contributed by atoms with Crippen LogP contribution in [0.25, 0.3) is 0 Å². The summed E-state index contributed by atoms with van der Waals surface area (Å²) in [4.78, 5) is 0.386. The van der Waals surface area contributed by atoms with Gasteiger partial charge in [0.1, 0.15) is 0 Å². The lowest BCUT2D eigenvalue weighted by atomic mass is 10.1. The maximum absolute atomic E-state index is 12.3. The maximum atomic E-state index is 12.3. The van der Waals surface area contributed by atoms with E-state index in [2.05, 4.69) is 23.9 Å². The summed E-state index contributed by atoms with van der Waals surface area (Å²) < 4.78 is 27.2. The Morgan fingerprint density at radius 3 is 2.35 bits per heavy atom. The Hall–Kier alpha value is -0.910. The van der Waals surface area contributed by atoms with Gasteiger partial charge in [-0.25, -0.2) is 13.1 Å². The lowest BCUT2D eigenvalue weighted by Gasteiger charge is -2.15. The highest BCUT2D eigenvalue weighted by Crippen LogP contribution is 2.20. The molecular weight excluding hydrogens is 272 g/mol. The first kappa shape index (κ1) is 17.1. The summed E-state index contributed by atoms with van der Waals surface area (Å²) in [6.07, 6.45) is 0.784. The normalized spacial score (nSPS) is 12.1. The van der Waals surface area contributed by atoms with Crippen molar-refractivity contribution in [3.05, 3.63) is 28.8 Å². The van der Waals surface area contributed by atoms with E-state index in [1.54, 1.807) is 6.07 Å². The molecule has 0 atom stereocenters. The molecule has 0 radical (unpaired) electrons. The van der Waals surface area contributed by atoms with Crippen molar-refractivity contribution in [2.75, 3.05) is 6.54 Å². The number of aryl methyl sites for hydroxylation is 2. The lowest BCUT2D eigenvalue weighted by Crippen LogP contribution is -2.26. The van der Waals surface area contributed by atoms with Crippen LogP contribution in [0, 0.1) is 13.8 Å². The SMILES string of the molecule is CCCNS(=O)(=O)c1cc(CNC(C)C)c(C)cc1C. The highest BCUT2D eigenvalue weighted by molar-refractivity contribution is 7.89. The van der Waals surface area contributed by atoms with Gasteiger partial charge in [0.05, 0.1) is 4.90 Å². The van der Waals surface area contributed by atoms with Gasteiger partial charge in [0.15, 0.2) is 0 Å². The average Bonchev–Trinajstić information content (AvgIpc) is 2.34. The largest absolute Gasteiger partial charge is 0.310 e. The molecule has 2 N–H and O–H groups in total. The Morgan fingerprint density at radius 2 is 1.80 bits per heavy atom. The van der Waals surface area contributed by atoms with Crippen molar-refractivity contribution in [2.45, 2.75) is 58.5 Å². The van der Waals surface area contributed by atoms with E-state index in [1.165, 1.54) is 0 Å². The standard InChI is InChI=1S/C15H26N2O2S/c1-6-7-17-20(18,19)15-9-14(10-16-11(2)3)12(4)8-13(15)5/h8-9,11,16-17H,6-7,10H2,1-5H3. The van der Waals surface area contributed by atoms with Crippen LogP contribution in [-0.4, -0.2) is 21.0 Å². The molecule has 0 saturated heterocycles. The molecular formula is C15H26N2O2S. The van der Waals surface area contributed by atoms with Crippen LogP contribution >= 0.6 is 0 Å². The second-order valence-corrected chi connectivity index (χ2v) is 7.21. The van der Waals surface area contributed by atoms with Crippen LogP contribution in [0.2, 0.25) is 0 Å². The molecule has 0 aliphatic carbocycles. The monoisotopic (exact) mass is 298 g/mol. The Bertz CT molecular complexity index is 551. The van der Waals surface area contributed by atoms with Gasteiger partial charge in [0.25, 0.3) is 0 Å². The molecule has 0 unspecified atom stereocenters. The van der Waals surface area contributed by atoms with Crippen LogP contribution in [0.5, 0.6) is 0 Å². The molecule has 0 spiro atoms. The molecule has 0 aliphatic rings. The Balaban J connectivity index is 3.11. The van der Waals surface area contributed by atoms with E-state index in [1.807, 2.05) is 26.8 Å². The summed E-state index contributed by atoms with van der Waals surface area (Å²) in [5.74, 6) is 0. The molecule has 1 rings (SSSR count). The minimum absolute atomic E-state index is 0.369. The average molecular weight is 298 g/mol. The van der Waals surface area contributed by atoms with Gasteiger partial charge in [0.2, 0.25) is 10.0 Å². The van der Waals surface area contributed by atoms with Gasteiger partial charge in [-0.3, -0.25) is 0 Å². The summed E-state index contributed by atoms with van der Waals surface area (Å²) in [7, 11) is -3.41. The van der Waals surface area contributed by atoms with Gasteiger partial charge in [-0.2, -0.15) is 0 Å². The summed E-state index contributed by atoms with van der Waals surface area (Å²) in [5.41, 5.74) is 2.94. The molecule has 5 heteroatoms. The van der Waals surface area contributed by atoms with Gasteiger partial charge in [-0.15, -0.1) is 0 Å². The lowest BCUT2D eigenvalue weighted by molar-refractivity contribution is 0.577. The Labute approximate surface area is 123 Å². The third kappa shape index (κ3) is 4.58. The molecule has 1 aromatic carbocycles. The second kappa shape index (κ2) is 7.20. The predicted octanol–water partition coefficient (Wildman–Crippen LogP) is 2.49. The van der Waals surface area contributed by atoms with E-state index in [0.717, 1.165) is 23.1 Å². The fourth-order valence-electron chi connectivity index (χ4n) is 1.98. The van der Waals surface area contributed by atoms with Crippen LogP contribution in [0.15, 0.2) is 17.0 Å². The molecule has 20 heavy (non-hydrogen) atoms. The smallest absolute Gasteiger partial charge is 0.240 e. The summed E-state index contributed by atoms with van der Waals surface area (Å²) in [5, 5.41) is 3.33. The number of hydrogen-bond acceptors (Lipinski definition) is 3. The maximum Gasteiger partial charge on any atom is 0.240 e. The molecule has 0 aromatic heterocycles. The van der Waals surface area contributed by atoms with Crippen LogP contribution in [0.1, 0.15) is 43.9 Å². The zero-order valence-electron chi connectivity index (χ0n) is 13.1. The van der Waals surface area contributed by atoms with Gasteiger partial charge in [0, 0.05) is 19.1 Å². The fraction of sp³-hybridized carbons (Fsp3) is 0.600. The zero-order valence-corrected chi connectivity index (χ0v) is 13.9. The van der Waals surface area contributed by atoms with Gasteiger partial charge in [-0.05, 0) is 43.0 Å². The summed E-state index contributed by atoms with van der Waals surface area (Å²) >= 11 is 0. The second-order valence-electron chi connectivity index (χ2n) is 5.48. The Kier molecular flexibility index (Phi) is 6.17. The van der Waals surface area contributed by atoms with Crippen LogP contribution in [0.4, 0.5) is 0 Å². The van der Waals surface area contributed by atoms with E-state index >= 15 is 0 Å². The minimum atomic E-state index is -3.41. The van der Waals surface area contributed by atoms with Gasteiger partial charge >= 0.3 is 0 Å². The molecule has 114 valence electrons. The van der Waals surface area contributed by atoms with Crippen molar-refractivity contribution >= 4 is 10.0 Å². The third-order valence-electron chi connectivity index (χ3n) is 3.17. The summed E-state index contributed by atoms with van der Waals surface area (Å²) in [6.45, 7) is 11.1. The Morgan fingerprint density at radius 1 is 1.15 bits per heavy atom. The molecule has 0 fully saturated rings. The van der Waals surface area contributed by atoms with Crippen molar-refractivity contribution < 1.29 is 8.42 Å². The molecule has 0 saturated carbocycles.